The Morgan fingerprint density at radius 1 is 1.12 bits per heavy atom. The van der Waals surface area contributed by atoms with Crippen LogP contribution in [0.1, 0.15) is 48.4 Å². The third-order valence-electron chi connectivity index (χ3n) is 6.43. The van der Waals surface area contributed by atoms with E-state index in [9.17, 15) is 18.3 Å². The first kappa shape index (κ1) is 21.1. The standard InChI is InChI=1S/C22H25F3N6O/c1-30-7-6-18-13(12-30)8-15(9-19(18)22(23,24)25)28-21-26-10-14-11-27-31(20(14)29-21)16-2-4-17(32)5-3-16/h8-11,16-17,32H,2-7,12H2,1H3,(H,26,28,29)/t16-,17-. The SMILES string of the molecule is CN1CCc2c(cc(Nc3ncc4cnn([C@H]5CC[C@H](O)CC5)c4n3)cc2C(F)(F)F)C1. The van der Waals surface area contributed by atoms with Crippen LogP contribution in [0.4, 0.5) is 24.8 Å². The van der Waals surface area contributed by atoms with Gasteiger partial charge in [0.15, 0.2) is 5.65 Å². The van der Waals surface area contributed by atoms with E-state index in [1.807, 2.05) is 16.6 Å². The average molecular weight is 446 g/mol. The lowest BCUT2D eigenvalue weighted by atomic mass is 9.93. The molecule has 3 heterocycles. The highest BCUT2D eigenvalue weighted by Crippen LogP contribution is 2.38. The molecular weight excluding hydrogens is 421 g/mol. The predicted molar refractivity (Wildman–Crippen MR) is 114 cm³/mol. The van der Waals surface area contributed by atoms with Crippen molar-refractivity contribution in [1.29, 1.82) is 0 Å². The summed E-state index contributed by atoms with van der Waals surface area (Å²) in [5.74, 6) is 0.229. The number of nitrogens with one attached hydrogen (secondary N) is 1. The van der Waals surface area contributed by atoms with Crippen molar-refractivity contribution in [2.45, 2.75) is 57.0 Å². The van der Waals surface area contributed by atoms with Gasteiger partial charge in [-0.2, -0.15) is 23.3 Å². The second-order valence-corrected chi connectivity index (χ2v) is 8.80. The molecule has 10 heteroatoms. The number of hydrogen-bond donors (Lipinski definition) is 2. The summed E-state index contributed by atoms with van der Waals surface area (Å²) in [4.78, 5) is 10.9. The van der Waals surface area contributed by atoms with Crippen molar-refractivity contribution >= 4 is 22.7 Å². The summed E-state index contributed by atoms with van der Waals surface area (Å²) in [7, 11) is 1.90. The number of benzene rings is 1. The van der Waals surface area contributed by atoms with Crippen LogP contribution in [-0.2, 0) is 19.1 Å². The monoisotopic (exact) mass is 446 g/mol. The van der Waals surface area contributed by atoms with Gasteiger partial charge in [0.1, 0.15) is 0 Å². The smallest absolute Gasteiger partial charge is 0.393 e. The molecule has 1 fully saturated rings. The topological polar surface area (TPSA) is 79.1 Å². The van der Waals surface area contributed by atoms with Crippen LogP contribution in [-0.4, -0.2) is 49.5 Å². The Hall–Kier alpha value is -2.72. The fraction of sp³-hybridized carbons (Fsp3) is 0.500. The highest BCUT2D eigenvalue weighted by molar-refractivity contribution is 5.75. The molecule has 0 saturated heterocycles. The van der Waals surface area contributed by atoms with Crippen LogP contribution in [0, 0.1) is 0 Å². The molecule has 2 N–H and O–H groups in total. The number of aliphatic hydroxyl groups is 1. The van der Waals surface area contributed by atoms with Gasteiger partial charge in [-0.05, 0) is 62.4 Å². The van der Waals surface area contributed by atoms with E-state index < -0.39 is 11.7 Å². The molecule has 1 saturated carbocycles. The first-order valence-corrected chi connectivity index (χ1v) is 10.8. The summed E-state index contributed by atoms with van der Waals surface area (Å²) in [5, 5.41) is 18.0. The van der Waals surface area contributed by atoms with Gasteiger partial charge in [-0.1, -0.05) is 0 Å². The van der Waals surface area contributed by atoms with E-state index in [1.165, 1.54) is 0 Å². The lowest BCUT2D eigenvalue weighted by Crippen LogP contribution is -2.28. The minimum atomic E-state index is -4.42. The first-order valence-electron chi connectivity index (χ1n) is 10.8. The summed E-state index contributed by atoms with van der Waals surface area (Å²) in [5.41, 5.74) is 1.39. The Morgan fingerprint density at radius 2 is 1.91 bits per heavy atom. The fourth-order valence-corrected chi connectivity index (χ4v) is 4.76. The number of alkyl halides is 3. The third-order valence-corrected chi connectivity index (χ3v) is 6.43. The Kier molecular flexibility index (Phi) is 5.29. The molecule has 1 aliphatic carbocycles. The normalized spacial score (nSPS) is 22.2. The Labute approximate surface area is 183 Å². The van der Waals surface area contributed by atoms with Crippen molar-refractivity contribution in [3.63, 3.8) is 0 Å². The minimum Gasteiger partial charge on any atom is -0.393 e. The lowest BCUT2D eigenvalue weighted by Gasteiger charge is -2.28. The van der Waals surface area contributed by atoms with E-state index in [1.54, 1.807) is 18.5 Å². The van der Waals surface area contributed by atoms with E-state index in [2.05, 4.69) is 20.4 Å². The summed E-state index contributed by atoms with van der Waals surface area (Å²) < 4.78 is 43.1. The maximum atomic E-state index is 13.7. The zero-order valence-corrected chi connectivity index (χ0v) is 17.7. The van der Waals surface area contributed by atoms with E-state index >= 15 is 0 Å². The van der Waals surface area contributed by atoms with E-state index in [0.29, 0.717) is 54.8 Å². The Balaban J connectivity index is 1.48. The molecule has 0 spiro atoms. The summed E-state index contributed by atoms with van der Waals surface area (Å²) in [6.45, 7) is 1.07. The van der Waals surface area contributed by atoms with Crippen LogP contribution in [0.15, 0.2) is 24.5 Å². The zero-order valence-electron chi connectivity index (χ0n) is 17.7. The second-order valence-electron chi connectivity index (χ2n) is 8.80. The Bertz CT molecular complexity index is 1140. The predicted octanol–water partition coefficient (Wildman–Crippen LogP) is 4.05. The van der Waals surface area contributed by atoms with Gasteiger partial charge in [0.2, 0.25) is 5.95 Å². The van der Waals surface area contributed by atoms with E-state index in [-0.39, 0.29) is 18.1 Å². The largest absolute Gasteiger partial charge is 0.416 e. The van der Waals surface area contributed by atoms with Crippen LogP contribution >= 0.6 is 0 Å². The van der Waals surface area contributed by atoms with Crippen LogP contribution < -0.4 is 5.32 Å². The summed E-state index contributed by atoms with van der Waals surface area (Å²) in [6, 6.07) is 3.04. The van der Waals surface area contributed by atoms with Crippen LogP contribution in [0.2, 0.25) is 0 Å². The molecule has 3 aromatic rings. The van der Waals surface area contributed by atoms with E-state index in [4.69, 9.17) is 0 Å². The minimum absolute atomic E-state index is 0.134. The number of likely N-dealkylation sites (N-methyl/N-ethyl adjacent to an activating group) is 1. The summed E-state index contributed by atoms with van der Waals surface area (Å²) >= 11 is 0. The number of aliphatic hydroxyl groups excluding tert-OH is 1. The number of fused-ring (bicyclic) bond motifs is 2. The average Bonchev–Trinajstić information content (AvgIpc) is 3.16. The number of anilines is 2. The summed E-state index contributed by atoms with van der Waals surface area (Å²) in [6.07, 6.45) is 2.04. The molecule has 2 aromatic heterocycles. The van der Waals surface area contributed by atoms with Gasteiger partial charge in [-0.25, -0.2) is 9.67 Å². The third kappa shape index (κ3) is 4.04. The van der Waals surface area contributed by atoms with E-state index in [0.717, 1.165) is 24.3 Å². The van der Waals surface area contributed by atoms with Crippen molar-refractivity contribution in [1.82, 2.24) is 24.6 Å². The van der Waals surface area contributed by atoms with Gasteiger partial charge in [0, 0.05) is 25.0 Å². The highest BCUT2D eigenvalue weighted by atomic mass is 19.4. The molecule has 1 aromatic carbocycles. The van der Waals surface area contributed by atoms with Crippen LogP contribution in [0.5, 0.6) is 0 Å². The molecule has 0 radical (unpaired) electrons. The van der Waals surface area contributed by atoms with Gasteiger partial charge in [0.25, 0.3) is 0 Å². The Morgan fingerprint density at radius 3 is 2.66 bits per heavy atom. The molecule has 5 rings (SSSR count). The maximum absolute atomic E-state index is 13.7. The van der Waals surface area contributed by atoms with Crippen molar-refractivity contribution in [2.75, 3.05) is 18.9 Å². The van der Waals surface area contributed by atoms with Crippen molar-refractivity contribution in [3.05, 3.63) is 41.2 Å². The highest BCUT2D eigenvalue weighted by Gasteiger charge is 2.36. The molecule has 0 unspecified atom stereocenters. The van der Waals surface area contributed by atoms with Gasteiger partial charge >= 0.3 is 6.18 Å². The molecule has 1 aliphatic heterocycles. The van der Waals surface area contributed by atoms with Gasteiger partial charge in [-0.3, -0.25) is 0 Å². The molecule has 0 bridgehead atoms. The molecular formula is C22H25F3N6O. The van der Waals surface area contributed by atoms with Gasteiger partial charge in [0.05, 0.1) is 29.3 Å². The molecule has 32 heavy (non-hydrogen) atoms. The van der Waals surface area contributed by atoms with Crippen molar-refractivity contribution in [3.8, 4) is 0 Å². The molecule has 0 amide bonds. The second kappa shape index (κ2) is 8.00. The first-order chi connectivity index (χ1) is 15.3. The van der Waals surface area contributed by atoms with Crippen molar-refractivity contribution in [2.24, 2.45) is 0 Å². The zero-order chi connectivity index (χ0) is 22.5. The number of hydrogen-bond acceptors (Lipinski definition) is 6. The fourth-order valence-electron chi connectivity index (χ4n) is 4.76. The number of nitrogens with zero attached hydrogens (tertiary/aromatic N) is 5. The van der Waals surface area contributed by atoms with Gasteiger partial charge < -0.3 is 15.3 Å². The number of halogens is 3. The molecule has 2 aliphatic rings. The maximum Gasteiger partial charge on any atom is 0.416 e. The molecule has 0 atom stereocenters. The van der Waals surface area contributed by atoms with Crippen molar-refractivity contribution < 1.29 is 18.3 Å². The quantitative estimate of drug-likeness (QED) is 0.632. The molecule has 7 nitrogen and oxygen atoms in total. The molecule has 170 valence electrons. The van der Waals surface area contributed by atoms with Gasteiger partial charge in [-0.15, -0.1) is 0 Å². The van der Waals surface area contributed by atoms with Crippen LogP contribution in [0.3, 0.4) is 0 Å². The lowest BCUT2D eigenvalue weighted by molar-refractivity contribution is -0.138. The number of rotatable bonds is 3. The van der Waals surface area contributed by atoms with Crippen LogP contribution in [0.25, 0.3) is 11.0 Å². The number of aromatic nitrogens is 4.